The summed E-state index contributed by atoms with van der Waals surface area (Å²) in [6.45, 7) is -0.116. The maximum Gasteiger partial charge on any atom is 0.352 e. The largest absolute Gasteiger partial charge is 0.477 e. The van der Waals surface area contributed by atoms with Gasteiger partial charge in [-0.25, -0.2) is 9.48 Å². The zero-order chi connectivity index (χ0) is 19.7. The maximum atomic E-state index is 12.6. The number of thioether (sulfide) groups is 1. The van der Waals surface area contributed by atoms with Gasteiger partial charge in [0.15, 0.2) is 4.34 Å². The second kappa shape index (κ2) is 7.63. The van der Waals surface area contributed by atoms with Gasteiger partial charge >= 0.3 is 5.97 Å². The second-order valence-corrected chi connectivity index (χ2v) is 8.17. The molecule has 2 amide bonds. The van der Waals surface area contributed by atoms with Crippen molar-refractivity contribution in [2.24, 2.45) is 0 Å². The molecule has 0 unspecified atom stereocenters. The number of rotatable bonds is 7. The van der Waals surface area contributed by atoms with Crippen LogP contribution in [-0.2, 0) is 20.9 Å². The number of aromatic nitrogens is 6. The fraction of sp³-hybridized carbons (Fsp3) is 0.429. The SMILES string of the molecule is O=C(Cn1cnnn1)N[C@@H]1C(=O)N2C(C(=O)O)=C(CSc3nncs3)CC[C@H]12. The molecule has 12 nitrogen and oxygen atoms in total. The van der Waals surface area contributed by atoms with Gasteiger partial charge in [0.25, 0.3) is 5.91 Å². The molecule has 28 heavy (non-hydrogen) atoms. The lowest BCUT2D eigenvalue weighted by atomic mass is 9.84. The van der Waals surface area contributed by atoms with E-state index in [0.29, 0.717) is 24.2 Å². The van der Waals surface area contributed by atoms with E-state index in [1.165, 1.54) is 39.0 Å². The summed E-state index contributed by atoms with van der Waals surface area (Å²) in [6, 6.07) is -1.11. The normalized spacial score (nSPS) is 21.3. The third kappa shape index (κ3) is 3.47. The summed E-state index contributed by atoms with van der Waals surface area (Å²) >= 11 is 2.76. The number of carboxylic acid groups (broad SMARTS) is 1. The van der Waals surface area contributed by atoms with E-state index in [0.717, 1.165) is 4.34 Å². The quantitative estimate of drug-likeness (QED) is 0.425. The van der Waals surface area contributed by atoms with Crippen molar-refractivity contribution < 1.29 is 19.5 Å². The number of carbonyl (C=O) groups excluding carboxylic acids is 2. The van der Waals surface area contributed by atoms with Gasteiger partial charge in [-0.3, -0.25) is 14.5 Å². The number of hydrogen-bond acceptors (Lipinski definition) is 10. The van der Waals surface area contributed by atoms with Crippen LogP contribution in [0.15, 0.2) is 27.4 Å². The molecule has 14 heteroatoms. The molecular weight excluding hydrogens is 408 g/mol. The van der Waals surface area contributed by atoms with Crippen LogP contribution in [0.2, 0.25) is 0 Å². The minimum Gasteiger partial charge on any atom is -0.477 e. The standard InChI is InChI=1S/C14H14N8O4S2/c23-9(3-21-5-15-19-20-21)17-10-8-2-1-7(4-27-14-18-16-6-28-14)11(13(25)26)22(8)12(10)24/h5-6,8,10H,1-4H2,(H,17,23)(H,25,26)/t8-,10+/m1/s1. The number of β-lactam (4-membered cyclic amide) rings is 1. The van der Waals surface area contributed by atoms with Crippen LogP contribution >= 0.6 is 23.1 Å². The molecule has 2 aliphatic heterocycles. The fourth-order valence-electron chi connectivity index (χ4n) is 3.27. The maximum absolute atomic E-state index is 12.6. The van der Waals surface area contributed by atoms with Crippen LogP contribution in [0.5, 0.6) is 0 Å². The van der Waals surface area contributed by atoms with Crippen LogP contribution in [-0.4, -0.2) is 76.0 Å². The molecule has 2 aromatic rings. The van der Waals surface area contributed by atoms with Crippen molar-refractivity contribution in [2.45, 2.75) is 35.8 Å². The average Bonchev–Trinajstić information content (AvgIpc) is 3.37. The number of nitrogens with one attached hydrogen (secondary N) is 1. The Balaban J connectivity index is 1.44. The summed E-state index contributed by atoms with van der Waals surface area (Å²) in [5, 5.41) is 30.4. The first-order valence-corrected chi connectivity index (χ1v) is 10.1. The van der Waals surface area contributed by atoms with Gasteiger partial charge in [-0.2, -0.15) is 0 Å². The van der Waals surface area contributed by atoms with Gasteiger partial charge in [-0.15, -0.1) is 15.3 Å². The number of hydrogen-bond donors (Lipinski definition) is 2. The number of fused-ring (bicyclic) bond motifs is 1. The molecule has 2 atom stereocenters. The Bertz CT molecular complexity index is 929. The molecule has 2 aromatic heterocycles. The number of carbonyl (C=O) groups is 3. The number of amides is 2. The van der Waals surface area contributed by atoms with E-state index in [2.05, 4.69) is 31.0 Å². The van der Waals surface area contributed by atoms with Crippen LogP contribution in [0.25, 0.3) is 0 Å². The number of carboxylic acids is 1. The van der Waals surface area contributed by atoms with Gasteiger partial charge in [0.1, 0.15) is 30.1 Å². The van der Waals surface area contributed by atoms with E-state index in [-0.39, 0.29) is 18.3 Å². The molecule has 0 bridgehead atoms. The van der Waals surface area contributed by atoms with Crippen molar-refractivity contribution in [3.63, 3.8) is 0 Å². The van der Waals surface area contributed by atoms with E-state index in [9.17, 15) is 19.5 Å². The molecule has 2 N–H and O–H groups in total. The minimum atomic E-state index is -1.15. The van der Waals surface area contributed by atoms with Gasteiger partial charge < -0.3 is 10.4 Å². The molecular formula is C14H14N8O4S2. The topological polar surface area (TPSA) is 156 Å². The molecule has 0 spiro atoms. The molecule has 1 fully saturated rings. The van der Waals surface area contributed by atoms with Gasteiger partial charge in [0.2, 0.25) is 5.91 Å². The Morgan fingerprint density at radius 3 is 2.93 bits per heavy atom. The lowest BCUT2D eigenvalue weighted by Crippen LogP contribution is -2.71. The highest BCUT2D eigenvalue weighted by Crippen LogP contribution is 2.38. The number of nitrogens with zero attached hydrogens (tertiary/aromatic N) is 7. The van der Waals surface area contributed by atoms with E-state index in [4.69, 9.17) is 0 Å². The number of tetrazole rings is 1. The Labute approximate surface area is 166 Å². The van der Waals surface area contributed by atoms with Crippen molar-refractivity contribution in [1.82, 2.24) is 40.6 Å². The average molecular weight is 422 g/mol. The highest BCUT2D eigenvalue weighted by molar-refractivity contribution is 8.01. The third-order valence-corrected chi connectivity index (χ3v) is 6.41. The predicted molar refractivity (Wildman–Crippen MR) is 94.9 cm³/mol. The lowest BCUT2D eigenvalue weighted by Gasteiger charge is -2.50. The van der Waals surface area contributed by atoms with Gasteiger partial charge in [0, 0.05) is 5.75 Å². The van der Waals surface area contributed by atoms with Gasteiger partial charge in [-0.1, -0.05) is 23.1 Å². The highest BCUT2D eigenvalue weighted by Gasteiger charge is 2.53. The molecule has 0 aromatic carbocycles. The van der Waals surface area contributed by atoms with E-state index in [1.807, 2.05) is 0 Å². The van der Waals surface area contributed by atoms with Crippen molar-refractivity contribution in [1.29, 1.82) is 0 Å². The zero-order valence-corrected chi connectivity index (χ0v) is 15.9. The highest BCUT2D eigenvalue weighted by atomic mass is 32.2. The summed E-state index contributed by atoms with van der Waals surface area (Å²) in [5.74, 6) is -1.57. The first-order valence-electron chi connectivity index (χ1n) is 8.22. The van der Waals surface area contributed by atoms with Crippen LogP contribution < -0.4 is 5.32 Å². The van der Waals surface area contributed by atoms with Crippen LogP contribution in [0, 0.1) is 0 Å². The molecule has 1 saturated heterocycles. The molecule has 2 aliphatic rings. The first kappa shape index (κ1) is 18.5. The smallest absolute Gasteiger partial charge is 0.352 e. The fourth-order valence-corrected chi connectivity index (χ4v) is 4.81. The second-order valence-electron chi connectivity index (χ2n) is 6.12. The first-order chi connectivity index (χ1) is 13.5. The summed E-state index contributed by atoms with van der Waals surface area (Å²) in [5.41, 5.74) is 2.29. The Morgan fingerprint density at radius 1 is 1.39 bits per heavy atom. The molecule has 146 valence electrons. The van der Waals surface area contributed by atoms with Crippen molar-refractivity contribution >= 4 is 40.9 Å². The summed E-state index contributed by atoms with van der Waals surface area (Å²) in [6.07, 6.45) is 2.40. The minimum absolute atomic E-state index is 0.00393. The van der Waals surface area contributed by atoms with Crippen LogP contribution in [0.1, 0.15) is 12.8 Å². The van der Waals surface area contributed by atoms with E-state index < -0.39 is 23.8 Å². The molecule has 0 radical (unpaired) electrons. The Hall–Kier alpha value is -2.87. The molecule has 4 heterocycles. The molecule has 0 aliphatic carbocycles. The van der Waals surface area contributed by atoms with E-state index >= 15 is 0 Å². The molecule has 4 rings (SSSR count). The summed E-state index contributed by atoms with van der Waals surface area (Å²) in [4.78, 5) is 37.8. The van der Waals surface area contributed by atoms with Crippen LogP contribution in [0.4, 0.5) is 0 Å². The summed E-state index contributed by atoms with van der Waals surface area (Å²) < 4.78 is 1.98. The Kier molecular flexibility index (Phi) is 5.04. The van der Waals surface area contributed by atoms with E-state index in [1.54, 1.807) is 5.51 Å². The monoisotopic (exact) mass is 422 g/mol. The van der Waals surface area contributed by atoms with Crippen molar-refractivity contribution in [2.75, 3.05) is 5.75 Å². The van der Waals surface area contributed by atoms with Crippen molar-refractivity contribution in [3.8, 4) is 0 Å². The van der Waals surface area contributed by atoms with Crippen LogP contribution in [0.3, 0.4) is 0 Å². The third-order valence-electron chi connectivity index (χ3n) is 4.46. The predicted octanol–water partition coefficient (Wildman–Crippen LogP) is -0.855. The van der Waals surface area contributed by atoms with Crippen molar-refractivity contribution in [3.05, 3.63) is 23.1 Å². The molecule has 0 saturated carbocycles. The Morgan fingerprint density at radius 2 is 2.25 bits per heavy atom. The number of aliphatic carboxylic acids is 1. The van der Waals surface area contributed by atoms with Gasteiger partial charge in [0.05, 0.1) is 6.04 Å². The van der Waals surface area contributed by atoms with Gasteiger partial charge in [-0.05, 0) is 28.8 Å². The summed E-state index contributed by atoms with van der Waals surface area (Å²) in [7, 11) is 0. The lowest BCUT2D eigenvalue weighted by molar-refractivity contribution is -0.156. The zero-order valence-electron chi connectivity index (χ0n) is 14.3.